The summed E-state index contributed by atoms with van der Waals surface area (Å²) < 4.78 is 0. The molecule has 0 radical (unpaired) electrons. The molecule has 4 nitrogen and oxygen atoms in total. The summed E-state index contributed by atoms with van der Waals surface area (Å²) in [4.78, 5) is 18.8. The Morgan fingerprint density at radius 1 is 1.45 bits per heavy atom. The van der Waals surface area contributed by atoms with Crippen LogP contribution in [0.4, 0.5) is 0 Å². The number of H-pyrrole nitrogens is 1. The van der Waals surface area contributed by atoms with Crippen LogP contribution in [-0.4, -0.2) is 9.97 Å². The highest BCUT2D eigenvalue weighted by Gasteiger charge is 2.25. The first kappa shape index (κ1) is 12.6. The van der Waals surface area contributed by atoms with Crippen LogP contribution in [0.15, 0.2) is 29.3 Å². The minimum atomic E-state index is -0.261. The van der Waals surface area contributed by atoms with Crippen LogP contribution >= 0.6 is 0 Å². The van der Waals surface area contributed by atoms with Gasteiger partial charge >= 0.3 is 0 Å². The number of rotatable bonds is 1. The topological polar surface area (TPSA) is 69.5 Å². The van der Waals surface area contributed by atoms with Gasteiger partial charge in [0.2, 0.25) is 0 Å². The van der Waals surface area contributed by atoms with Gasteiger partial charge in [-0.25, -0.2) is 0 Å². The molecule has 0 saturated carbocycles. The van der Waals surface area contributed by atoms with Crippen molar-refractivity contribution in [3.05, 3.63) is 62.8 Å². The van der Waals surface area contributed by atoms with Gasteiger partial charge in [-0.3, -0.25) is 9.78 Å². The molecule has 2 aromatic rings. The van der Waals surface area contributed by atoms with Gasteiger partial charge in [0.05, 0.1) is 0 Å². The molecule has 100 valence electrons. The third kappa shape index (κ3) is 2.01. The average Bonchev–Trinajstić information content (AvgIpc) is 2.48. The number of aryl methyl sites for hydroxylation is 1. The predicted octanol–water partition coefficient (Wildman–Crippen LogP) is 2.22. The second-order valence-corrected chi connectivity index (χ2v) is 5.25. The number of pyridine rings is 2. The molecule has 20 heavy (non-hydrogen) atoms. The predicted molar refractivity (Wildman–Crippen MR) is 75.5 cm³/mol. The second-order valence-electron chi connectivity index (χ2n) is 5.25. The normalized spacial score (nSPS) is 17.3. The Morgan fingerprint density at radius 2 is 2.30 bits per heavy atom. The van der Waals surface area contributed by atoms with E-state index in [-0.39, 0.29) is 11.1 Å². The standard InChI is InChI=1S/C16H15N3O/c1-10-14-7-11(12-3-2-6-18-9-12)4-5-13(14)15(8-17)16(20)19-10/h2-3,6,9,11H,4-5,7H2,1H3,(H,19,20). The summed E-state index contributed by atoms with van der Waals surface area (Å²) in [6, 6.07) is 6.09. The van der Waals surface area contributed by atoms with Crippen LogP contribution in [0.5, 0.6) is 0 Å². The van der Waals surface area contributed by atoms with Gasteiger partial charge in [-0.05, 0) is 54.9 Å². The molecule has 0 spiro atoms. The average molecular weight is 265 g/mol. The van der Waals surface area contributed by atoms with Gasteiger partial charge in [0.1, 0.15) is 11.6 Å². The quantitative estimate of drug-likeness (QED) is 0.859. The highest BCUT2D eigenvalue weighted by Crippen LogP contribution is 2.33. The van der Waals surface area contributed by atoms with E-state index in [0.29, 0.717) is 5.92 Å². The molecule has 3 rings (SSSR count). The number of hydrogen-bond acceptors (Lipinski definition) is 3. The number of nitrogens with zero attached hydrogens (tertiary/aromatic N) is 2. The van der Waals surface area contributed by atoms with Crippen LogP contribution in [-0.2, 0) is 12.8 Å². The first-order chi connectivity index (χ1) is 9.70. The molecule has 1 aliphatic carbocycles. The van der Waals surface area contributed by atoms with Crippen molar-refractivity contribution in [1.82, 2.24) is 9.97 Å². The van der Waals surface area contributed by atoms with Crippen molar-refractivity contribution in [2.24, 2.45) is 0 Å². The summed E-state index contributed by atoms with van der Waals surface area (Å²) in [7, 11) is 0. The van der Waals surface area contributed by atoms with E-state index in [0.717, 1.165) is 36.1 Å². The zero-order valence-electron chi connectivity index (χ0n) is 11.3. The van der Waals surface area contributed by atoms with Crippen LogP contribution in [0.25, 0.3) is 0 Å². The maximum Gasteiger partial charge on any atom is 0.266 e. The summed E-state index contributed by atoms with van der Waals surface area (Å²) in [5.41, 5.74) is 4.20. The number of nitrogens with one attached hydrogen (secondary N) is 1. The maximum absolute atomic E-state index is 11.8. The van der Waals surface area contributed by atoms with E-state index in [1.54, 1.807) is 6.20 Å². The molecule has 2 aromatic heterocycles. The van der Waals surface area contributed by atoms with Crippen molar-refractivity contribution < 1.29 is 0 Å². The third-order valence-electron chi connectivity index (χ3n) is 4.11. The largest absolute Gasteiger partial charge is 0.325 e. The summed E-state index contributed by atoms with van der Waals surface area (Å²) in [5.74, 6) is 0.410. The van der Waals surface area contributed by atoms with E-state index in [4.69, 9.17) is 5.26 Å². The molecule has 0 aromatic carbocycles. The zero-order valence-corrected chi connectivity index (χ0v) is 11.3. The Kier molecular flexibility index (Phi) is 3.11. The highest BCUT2D eigenvalue weighted by atomic mass is 16.1. The zero-order chi connectivity index (χ0) is 14.1. The molecular weight excluding hydrogens is 250 g/mol. The first-order valence-corrected chi connectivity index (χ1v) is 6.75. The Bertz CT molecular complexity index is 741. The molecule has 0 fully saturated rings. The Hall–Kier alpha value is -2.41. The van der Waals surface area contributed by atoms with Crippen molar-refractivity contribution in [1.29, 1.82) is 5.26 Å². The molecule has 0 saturated heterocycles. The molecule has 4 heteroatoms. The SMILES string of the molecule is Cc1[nH]c(=O)c(C#N)c2c1CC(c1cccnc1)CC2. The molecular formula is C16H15N3O. The van der Waals surface area contributed by atoms with Crippen LogP contribution in [0.1, 0.15) is 40.3 Å². The van der Waals surface area contributed by atoms with Crippen LogP contribution < -0.4 is 5.56 Å². The Morgan fingerprint density at radius 3 is 3.00 bits per heavy atom. The smallest absolute Gasteiger partial charge is 0.266 e. The van der Waals surface area contributed by atoms with Crippen molar-refractivity contribution in [2.75, 3.05) is 0 Å². The van der Waals surface area contributed by atoms with E-state index in [1.807, 2.05) is 25.3 Å². The van der Waals surface area contributed by atoms with Crippen molar-refractivity contribution in [3.8, 4) is 6.07 Å². The Balaban J connectivity index is 2.05. The summed E-state index contributed by atoms with van der Waals surface area (Å²) in [6.07, 6.45) is 6.27. The van der Waals surface area contributed by atoms with E-state index < -0.39 is 0 Å². The molecule has 0 amide bonds. The lowest BCUT2D eigenvalue weighted by Crippen LogP contribution is -2.23. The lowest BCUT2D eigenvalue weighted by atomic mass is 9.79. The summed E-state index contributed by atoms with van der Waals surface area (Å²) >= 11 is 0. The maximum atomic E-state index is 11.8. The van der Waals surface area contributed by atoms with Gasteiger partial charge in [0, 0.05) is 18.1 Å². The van der Waals surface area contributed by atoms with E-state index in [1.165, 1.54) is 5.56 Å². The number of aromatic nitrogens is 2. The lowest BCUT2D eigenvalue weighted by Gasteiger charge is -2.26. The first-order valence-electron chi connectivity index (χ1n) is 6.75. The Labute approximate surface area is 117 Å². The van der Waals surface area contributed by atoms with Gasteiger partial charge in [-0.2, -0.15) is 5.26 Å². The fourth-order valence-corrected chi connectivity index (χ4v) is 3.06. The van der Waals surface area contributed by atoms with Gasteiger partial charge in [-0.15, -0.1) is 0 Å². The minimum Gasteiger partial charge on any atom is -0.325 e. The molecule has 1 aliphatic rings. The number of hydrogen-bond donors (Lipinski definition) is 1. The molecule has 1 unspecified atom stereocenters. The van der Waals surface area contributed by atoms with E-state index >= 15 is 0 Å². The number of aromatic amines is 1. The highest BCUT2D eigenvalue weighted by molar-refractivity contribution is 5.45. The lowest BCUT2D eigenvalue weighted by molar-refractivity contribution is 0.576. The summed E-state index contributed by atoms with van der Waals surface area (Å²) in [5, 5.41) is 9.17. The molecule has 1 atom stereocenters. The molecule has 1 N–H and O–H groups in total. The fraction of sp³-hybridized carbons (Fsp3) is 0.312. The number of nitriles is 1. The van der Waals surface area contributed by atoms with Gasteiger partial charge in [0.25, 0.3) is 5.56 Å². The van der Waals surface area contributed by atoms with Crippen LogP contribution in [0.2, 0.25) is 0 Å². The third-order valence-corrected chi connectivity index (χ3v) is 4.11. The van der Waals surface area contributed by atoms with Crippen LogP contribution in [0, 0.1) is 18.3 Å². The van der Waals surface area contributed by atoms with Crippen molar-refractivity contribution in [3.63, 3.8) is 0 Å². The van der Waals surface area contributed by atoms with Gasteiger partial charge < -0.3 is 4.98 Å². The fourth-order valence-electron chi connectivity index (χ4n) is 3.06. The molecule has 0 bridgehead atoms. The summed E-state index contributed by atoms with van der Waals surface area (Å²) in [6.45, 7) is 1.91. The van der Waals surface area contributed by atoms with Crippen molar-refractivity contribution >= 4 is 0 Å². The monoisotopic (exact) mass is 265 g/mol. The van der Waals surface area contributed by atoms with Gasteiger partial charge in [0.15, 0.2) is 0 Å². The van der Waals surface area contributed by atoms with E-state index in [2.05, 4.69) is 16.0 Å². The van der Waals surface area contributed by atoms with Gasteiger partial charge in [-0.1, -0.05) is 6.07 Å². The second kappa shape index (κ2) is 4.93. The molecule has 2 heterocycles. The van der Waals surface area contributed by atoms with E-state index in [9.17, 15) is 4.79 Å². The molecule has 0 aliphatic heterocycles. The van der Waals surface area contributed by atoms with Crippen LogP contribution in [0.3, 0.4) is 0 Å². The van der Waals surface area contributed by atoms with Crippen molar-refractivity contribution in [2.45, 2.75) is 32.1 Å². The number of fused-ring (bicyclic) bond motifs is 1. The minimum absolute atomic E-state index is 0.261.